The van der Waals surface area contributed by atoms with Crippen molar-refractivity contribution >= 4 is 23.4 Å². The Labute approximate surface area is 129 Å². The lowest BCUT2D eigenvalue weighted by atomic mass is 10.1. The van der Waals surface area contributed by atoms with Crippen LogP contribution in [0.1, 0.15) is 24.1 Å². The van der Waals surface area contributed by atoms with Crippen LogP contribution in [0.3, 0.4) is 0 Å². The van der Waals surface area contributed by atoms with Gasteiger partial charge in [-0.2, -0.15) is 0 Å². The van der Waals surface area contributed by atoms with Crippen LogP contribution in [0.25, 0.3) is 0 Å². The third-order valence-electron chi connectivity index (χ3n) is 3.16. The maximum atomic E-state index is 12.3. The molecular weight excluding hydrogens is 280 g/mol. The van der Waals surface area contributed by atoms with E-state index < -0.39 is 6.04 Å². The predicted octanol–water partition coefficient (Wildman–Crippen LogP) is 3.75. The number of anilines is 1. The van der Waals surface area contributed by atoms with Crippen LogP contribution in [0, 0.1) is 6.92 Å². The van der Waals surface area contributed by atoms with Crippen LogP contribution in [0.2, 0.25) is 0 Å². The van der Waals surface area contributed by atoms with E-state index in [1.165, 1.54) is 0 Å². The number of carbonyl (C=O) groups excluding carboxylic acids is 1. The second kappa shape index (κ2) is 7.29. The molecule has 2 aromatic carbocycles. The summed E-state index contributed by atoms with van der Waals surface area (Å²) in [4.78, 5) is 13.4. The summed E-state index contributed by atoms with van der Waals surface area (Å²) in [5.74, 6) is 0.764. The van der Waals surface area contributed by atoms with Gasteiger partial charge in [0.15, 0.2) is 0 Å². The molecule has 110 valence electrons. The molecule has 0 aliphatic heterocycles. The van der Waals surface area contributed by atoms with E-state index in [1.54, 1.807) is 11.8 Å². The highest BCUT2D eigenvalue weighted by Gasteiger charge is 2.16. The maximum Gasteiger partial charge on any atom is 0.245 e. The summed E-state index contributed by atoms with van der Waals surface area (Å²) in [6, 6.07) is 14.8. The minimum Gasteiger partial charge on any atom is -0.323 e. The Hall–Kier alpha value is -1.78. The van der Waals surface area contributed by atoms with Gasteiger partial charge in [0.2, 0.25) is 5.91 Å². The van der Waals surface area contributed by atoms with Gasteiger partial charge in [-0.05, 0) is 30.4 Å². The third kappa shape index (κ3) is 4.09. The minimum absolute atomic E-state index is 0.192. The van der Waals surface area contributed by atoms with E-state index in [2.05, 4.69) is 12.2 Å². The predicted molar refractivity (Wildman–Crippen MR) is 89.6 cm³/mol. The number of nitrogens with one attached hydrogen (secondary N) is 1. The molecule has 3 N–H and O–H groups in total. The summed E-state index contributed by atoms with van der Waals surface area (Å²) in [7, 11) is 0. The van der Waals surface area contributed by atoms with Crippen LogP contribution in [0.4, 0.5) is 5.69 Å². The smallest absolute Gasteiger partial charge is 0.245 e. The highest BCUT2D eigenvalue weighted by Crippen LogP contribution is 2.27. The number of thioether (sulfide) groups is 1. The molecule has 0 bridgehead atoms. The number of carbonyl (C=O) groups is 1. The van der Waals surface area contributed by atoms with Gasteiger partial charge in [-0.25, -0.2) is 0 Å². The molecule has 4 heteroatoms. The van der Waals surface area contributed by atoms with E-state index in [9.17, 15) is 4.79 Å². The fraction of sp³-hybridized carbons (Fsp3) is 0.235. The van der Waals surface area contributed by atoms with Crippen molar-refractivity contribution in [3.05, 3.63) is 59.7 Å². The fourth-order valence-corrected chi connectivity index (χ4v) is 2.75. The standard InChI is InChI=1S/C17H20N2OS/c1-3-21-15-7-5-4-6-14(15)19-17(20)16(18)13-10-8-12(2)9-11-13/h4-11,16H,3,18H2,1-2H3,(H,19,20). The molecule has 3 nitrogen and oxygen atoms in total. The first-order valence-corrected chi connectivity index (χ1v) is 7.95. The maximum absolute atomic E-state index is 12.3. The largest absolute Gasteiger partial charge is 0.323 e. The highest BCUT2D eigenvalue weighted by atomic mass is 32.2. The number of hydrogen-bond acceptors (Lipinski definition) is 3. The molecule has 0 aliphatic rings. The molecule has 0 fully saturated rings. The van der Waals surface area contributed by atoms with Gasteiger partial charge < -0.3 is 11.1 Å². The van der Waals surface area contributed by atoms with Crippen LogP contribution >= 0.6 is 11.8 Å². The number of aryl methyl sites for hydroxylation is 1. The van der Waals surface area contributed by atoms with Crippen molar-refractivity contribution in [3.63, 3.8) is 0 Å². The zero-order valence-electron chi connectivity index (χ0n) is 12.3. The van der Waals surface area contributed by atoms with Crippen molar-refractivity contribution in [2.45, 2.75) is 24.8 Å². The Morgan fingerprint density at radius 3 is 2.52 bits per heavy atom. The van der Waals surface area contributed by atoms with E-state index in [1.807, 2.05) is 55.5 Å². The summed E-state index contributed by atoms with van der Waals surface area (Å²) < 4.78 is 0. The van der Waals surface area contributed by atoms with Crippen molar-refractivity contribution in [3.8, 4) is 0 Å². The first-order chi connectivity index (χ1) is 10.1. The molecule has 0 aromatic heterocycles. The molecule has 0 saturated heterocycles. The van der Waals surface area contributed by atoms with E-state index in [4.69, 9.17) is 5.73 Å². The van der Waals surface area contributed by atoms with Gasteiger partial charge >= 0.3 is 0 Å². The molecule has 0 spiro atoms. The van der Waals surface area contributed by atoms with Gasteiger partial charge in [-0.15, -0.1) is 11.8 Å². The normalized spacial score (nSPS) is 12.0. The first-order valence-electron chi connectivity index (χ1n) is 6.96. The van der Waals surface area contributed by atoms with Gasteiger partial charge in [0.25, 0.3) is 0 Å². The molecular formula is C17H20N2OS. The quantitative estimate of drug-likeness (QED) is 0.827. The second-order valence-corrected chi connectivity index (χ2v) is 6.11. The van der Waals surface area contributed by atoms with Crippen molar-refractivity contribution < 1.29 is 4.79 Å². The Morgan fingerprint density at radius 1 is 1.19 bits per heavy atom. The van der Waals surface area contributed by atoms with Crippen LogP contribution in [-0.4, -0.2) is 11.7 Å². The first kappa shape index (κ1) is 15.6. The average Bonchev–Trinajstić information content (AvgIpc) is 2.49. The lowest BCUT2D eigenvalue weighted by Gasteiger charge is -2.15. The van der Waals surface area contributed by atoms with Crippen molar-refractivity contribution in [2.75, 3.05) is 11.1 Å². The monoisotopic (exact) mass is 300 g/mol. The van der Waals surface area contributed by atoms with E-state index in [0.717, 1.165) is 27.5 Å². The zero-order valence-corrected chi connectivity index (χ0v) is 13.1. The Bertz CT molecular complexity index is 610. The Morgan fingerprint density at radius 2 is 1.86 bits per heavy atom. The number of rotatable bonds is 5. The summed E-state index contributed by atoms with van der Waals surface area (Å²) in [6.07, 6.45) is 0. The van der Waals surface area contributed by atoms with E-state index >= 15 is 0 Å². The number of amides is 1. The van der Waals surface area contributed by atoms with Gasteiger partial charge in [-0.1, -0.05) is 48.9 Å². The van der Waals surface area contributed by atoms with Crippen molar-refractivity contribution in [1.82, 2.24) is 0 Å². The fourth-order valence-electron chi connectivity index (χ4n) is 1.99. The van der Waals surface area contributed by atoms with Crippen LogP contribution in [-0.2, 0) is 4.79 Å². The number of benzene rings is 2. The van der Waals surface area contributed by atoms with Crippen LogP contribution in [0.15, 0.2) is 53.4 Å². The van der Waals surface area contributed by atoms with Gasteiger partial charge in [-0.3, -0.25) is 4.79 Å². The van der Waals surface area contributed by atoms with Crippen LogP contribution < -0.4 is 11.1 Å². The zero-order chi connectivity index (χ0) is 15.2. The molecule has 1 unspecified atom stereocenters. The Balaban J connectivity index is 2.12. The molecule has 2 rings (SSSR count). The molecule has 0 aliphatic carbocycles. The van der Waals surface area contributed by atoms with Crippen molar-refractivity contribution in [1.29, 1.82) is 0 Å². The SMILES string of the molecule is CCSc1ccccc1NC(=O)C(N)c1ccc(C)cc1. The number of para-hydroxylation sites is 1. The van der Waals surface area contributed by atoms with Crippen LogP contribution in [0.5, 0.6) is 0 Å². The molecule has 1 atom stereocenters. The number of nitrogens with two attached hydrogens (primary N) is 1. The molecule has 21 heavy (non-hydrogen) atoms. The molecule has 0 radical (unpaired) electrons. The second-order valence-electron chi connectivity index (χ2n) is 4.81. The summed E-state index contributed by atoms with van der Waals surface area (Å²) in [5.41, 5.74) is 8.83. The molecule has 0 saturated carbocycles. The van der Waals surface area contributed by atoms with Gasteiger partial charge in [0.1, 0.15) is 6.04 Å². The van der Waals surface area contributed by atoms with E-state index in [0.29, 0.717) is 0 Å². The summed E-state index contributed by atoms with van der Waals surface area (Å²) in [5, 5.41) is 2.92. The summed E-state index contributed by atoms with van der Waals surface area (Å²) in [6.45, 7) is 4.09. The molecule has 0 heterocycles. The molecule has 2 aromatic rings. The topological polar surface area (TPSA) is 55.1 Å². The minimum atomic E-state index is -0.662. The van der Waals surface area contributed by atoms with Gasteiger partial charge in [0, 0.05) is 4.90 Å². The number of hydrogen-bond donors (Lipinski definition) is 2. The lowest BCUT2D eigenvalue weighted by molar-refractivity contribution is -0.117. The molecule has 1 amide bonds. The van der Waals surface area contributed by atoms with Gasteiger partial charge in [0.05, 0.1) is 5.69 Å². The third-order valence-corrected chi connectivity index (χ3v) is 4.12. The van der Waals surface area contributed by atoms with E-state index in [-0.39, 0.29) is 5.91 Å². The Kier molecular flexibility index (Phi) is 5.42. The summed E-state index contributed by atoms with van der Waals surface area (Å²) >= 11 is 1.70. The lowest BCUT2D eigenvalue weighted by Crippen LogP contribution is -2.27. The highest BCUT2D eigenvalue weighted by molar-refractivity contribution is 7.99. The van der Waals surface area contributed by atoms with Crippen molar-refractivity contribution in [2.24, 2.45) is 5.73 Å². The average molecular weight is 300 g/mol.